The van der Waals surface area contributed by atoms with Gasteiger partial charge >= 0.3 is 5.97 Å². The minimum Gasteiger partial charge on any atom is -0.485 e. The van der Waals surface area contributed by atoms with E-state index in [1.807, 2.05) is 24.3 Å². The molecule has 1 unspecified atom stereocenters. The van der Waals surface area contributed by atoms with E-state index in [1.165, 1.54) is 5.56 Å². The lowest BCUT2D eigenvalue weighted by molar-refractivity contribution is -0.143. The van der Waals surface area contributed by atoms with Crippen LogP contribution in [0.2, 0.25) is 0 Å². The van der Waals surface area contributed by atoms with Crippen molar-refractivity contribution in [1.29, 1.82) is 0 Å². The Bertz CT molecular complexity index is 766. The quantitative estimate of drug-likeness (QED) is 0.912. The van der Waals surface area contributed by atoms with Crippen LogP contribution in [-0.4, -0.2) is 35.7 Å². The number of rotatable bonds is 4. The summed E-state index contributed by atoms with van der Waals surface area (Å²) < 4.78 is 11.8. The molecule has 5 heteroatoms. The Morgan fingerprint density at radius 3 is 2.42 bits per heavy atom. The monoisotopic (exact) mass is 353 g/mol. The van der Waals surface area contributed by atoms with Crippen LogP contribution >= 0.6 is 0 Å². The number of aliphatic carboxylic acids is 1. The van der Waals surface area contributed by atoms with E-state index >= 15 is 0 Å². The van der Waals surface area contributed by atoms with Gasteiger partial charge in [0.2, 0.25) is 0 Å². The highest BCUT2D eigenvalue weighted by Crippen LogP contribution is 2.35. The normalized spacial score (nSPS) is 20.7. The number of carbonyl (C=O) groups is 1. The highest BCUT2D eigenvalue weighted by molar-refractivity contribution is 5.70. The molecule has 2 aromatic carbocycles. The Labute approximate surface area is 153 Å². The molecule has 1 N–H and O–H groups in total. The third kappa shape index (κ3) is 3.68. The Kier molecular flexibility index (Phi) is 4.80. The number of benzene rings is 2. The third-order valence-electron chi connectivity index (χ3n) is 5.20. The first-order valence-corrected chi connectivity index (χ1v) is 9.11. The van der Waals surface area contributed by atoms with Crippen molar-refractivity contribution in [2.24, 2.45) is 5.92 Å². The SMILES string of the molecule is O=C(O)C1CCN(Cc2ccc(C3COc4ccccc4O3)cc2)CC1. The predicted octanol–water partition coefficient (Wildman–Crippen LogP) is 3.50. The molecule has 2 aromatic rings. The van der Waals surface area contributed by atoms with Gasteiger partial charge in [0.05, 0.1) is 5.92 Å². The van der Waals surface area contributed by atoms with Gasteiger partial charge in [-0.15, -0.1) is 0 Å². The summed E-state index contributed by atoms with van der Waals surface area (Å²) in [5, 5.41) is 9.09. The van der Waals surface area contributed by atoms with Gasteiger partial charge in [0.1, 0.15) is 6.61 Å². The molecule has 0 saturated carbocycles. The second-order valence-electron chi connectivity index (χ2n) is 6.99. The van der Waals surface area contributed by atoms with Crippen LogP contribution in [0.3, 0.4) is 0 Å². The molecule has 0 spiro atoms. The molecule has 2 heterocycles. The second kappa shape index (κ2) is 7.38. The third-order valence-corrected chi connectivity index (χ3v) is 5.20. The lowest BCUT2D eigenvalue weighted by Crippen LogP contribution is -2.35. The van der Waals surface area contributed by atoms with Crippen LogP contribution in [0.4, 0.5) is 0 Å². The number of carboxylic acid groups (broad SMARTS) is 1. The van der Waals surface area contributed by atoms with Gasteiger partial charge in [-0.3, -0.25) is 9.69 Å². The number of nitrogens with zero attached hydrogens (tertiary/aromatic N) is 1. The van der Waals surface area contributed by atoms with Crippen LogP contribution in [0.25, 0.3) is 0 Å². The molecule has 136 valence electrons. The molecule has 1 atom stereocenters. The summed E-state index contributed by atoms with van der Waals surface area (Å²) in [5.41, 5.74) is 2.34. The Balaban J connectivity index is 1.35. The number of ether oxygens (including phenoxy) is 2. The molecule has 0 radical (unpaired) electrons. The molecule has 0 aromatic heterocycles. The molecule has 4 rings (SSSR count). The van der Waals surface area contributed by atoms with Gasteiger partial charge < -0.3 is 14.6 Å². The number of carboxylic acids is 1. The average Bonchev–Trinajstić information content (AvgIpc) is 2.68. The summed E-state index contributed by atoms with van der Waals surface area (Å²) in [4.78, 5) is 13.4. The van der Waals surface area contributed by atoms with Crippen LogP contribution in [0, 0.1) is 5.92 Å². The van der Waals surface area contributed by atoms with Gasteiger partial charge in [0, 0.05) is 6.54 Å². The number of fused-ring (bicyclic) bond motifs is 1. The van der Waals surface area contributed by atoms with E-state index in [0.717, 1.165) is 49.5 Å². The Hall–Kier alpha value is -2.53. The van der Waals surface area contributed by atoms with Gasteiger partial charge in [-0.25, -0.2) is 0 Å². The fourth-order valence-corrected chi connectivity index (χ4v) is 3.62. The van der Waals surface area contributed by atoms with Crippen LogP contribution < -0.4 is 9.47 Å². The van der Waals surface area contributed by atoms with Gasteiger partial charge in [-0.05, 0) is 49.2 Å². The number of likely N-dealkylation sites (tertiary alicyclic amines) is 1. The van der Waals surface area contributed by atoms with Crippen molar-refractivity contribution in [3.63, 3.8) is 0 Å². The van der Waals surface area contributed by atoms with Gasteiger partial charge in [0.25, 0.3) is 0 Å². The van der Waals surface area contributed by atoms with Gasteiger partial charge in [-0.2, -0.15) is 0 Å². The summed E-state index contributed by atoms with van der Waals surface area (Å²) in [7, 11) is 0. The number of piperidine rings is 1. The average molecular weight is 353 g/mol. The molecule has 0 bridgehead atoms. The van der Waals surface area contributed by atoms with E-state index in [2.05, 4.69) is 29.2 Å². The molecule has 2 aliphatic heterocycles. The largest absolute Gasteiger partial charge is 0.485 e. The molecule has 5 nitrogen and oxygen atoms in total. The molecule has 1 saturated heterocycles. The van der Waals surface area contributed by atoms with Gasteiger partial charge in [0.15, 0.2) is 17.6 Å². The van der Waals surface area contributed by atoms with E-state index in [0.29, 0.717) is 6.61 Å². The fourth-order valence-electron chi connectivity index (χ4n) is 3.62. The standard InChI is InChI=1S/C21H23NO4/c23-21(24)17-9-11-22(12-10-17)13-15-5-7-16(8-6-15)20-14-25-18-3-1-2-4-19(18)26-20/h1-8,17,20H,9-14H2,(H,23,24). The first-order valence-electron chi connectivity index (χ1n) is 9.11. The first-order chi connectivity index (χ1) is 12.7. The maximum atomic E-state index is 11.0. The maximum Gasteiger partial charge on any atom is 0.306 e. The summed E-state index contributed by atoms with van der Waals surface area (Å²) in [6.07, 6.45) is 1.38. The van der Waals surface area contributed by atoms with Gasteiger partial charge in [-0.1, -0.05) is 36.4 Å². The lowest BCUT2D eigenvalue weighted by atomic mass is 9.96. The van der Waals surface area contributed by atoms with Crippen molar-refractivity contribution >= 4 is 5.97 Å². The number of hydrogen-bond donors (Lipinski definition) is 1. The molecular formula is C21H23NO4. The van der Waals surface area contributed by atoms with E-state index in [9.17, 15) is 4.79 Å². The number of para-hydroxylation sites is 2. The smallest absolute Gasteiger partial charge is 0.306 e. The zero-order valence-corrected chi connectivity index (χ0v) is 14.6. The topological polar surface area (TPSA) is 59.0 Å². The van der Waals surface area contributed by atoms with E-state index in [-0.39, 0.29) is 12.0 Å². The summed E-state index contributed by atoms with van der Waals surface area (Å²) in [6.45, 7) is 3.06. The minimum absolute atomic E-state index is 0.0924. The molecule has 26 heavy (non-hydrogen) atoms. The first kappa shape index (κ1) is 16.9. The van der Waals surface area contributed by atoms with E-state index in [4.69, 9.17) is 14.6 Å². The predicted molar refractivity (Wildman–Crippen MR) is 97.4 cm³/mol. The summed E-state index contributed by atoms with van der Waals surface area (Å²) in [6, 6.07) is 16.2. The molecular weight excluding hydrogens is 330 g/mol. The number of hydrogen-bond acceptors (Lipinski definition) is 4. The highest BCUT2D eigenvalue weighted by Gasteiger charge is 2.25. The minimum atomic E-state index is -0.662. The molecule has 0 aliphatic carbocycles. The van der Waals surface area contributed by atoms with Crippen molar-refractivity contribution < 1.29 is 19.4 Å². The van der Waals surface area contributed by atoms with Crippen molar-refractivity contribution in [2.75, 3.05) is 19.7 Å². The van der Waals surface area contributed by atoms with Crippen molar-refractivity contribution in [3.8, 4) is 11.5 Å². The zero-order chi connectivity index (χ0) is 17.9. The summed E-state index contributed by atoms with van der Waals surface area (Å²) in [5.74, 6) is 0.740. The maximum absolute atomic E-state index is 11.0. The molecule has 2 aliphatic rings. The zero-order valence-electron chi connectivity index (χ0n) is 14.6. The van der Waals surface area contributed by atoms with Crippen LogP contribution in [-0.2, 0) is 11.3 Å². The summed E-state index contributed by atoms with van der Waals surface area (Å²) >= 11 is 0. The molecule has 0 amide bonds. The fraction of sp³-hybridized carbons (Fsp3) is 0.381. The van der Waals surface area contributed by atoms with Crippen LogP contribution in [0.5, 0.6) is 11.5 Å². The van der Waals surface area contributed by atoms with Crippen molar-refractivity contribution in [2.45, 2.75) is 25.5 Å². The molecule has 1 fully saturated rings. The van der Waals surface area contributed by atoms with Crippen LogP contribution in [0.15, 0.2) is 48.5 Å². The Morgan fingerprint density at radius 1 is 1.04 bits per heavy atom. The van der Waals surface area contributed by atoms with E-state index < -0.39 is 5.97 Å². The van der Waals surface area contributed by atoms with Crippen LogP contribution in [0.1, 0.15) is 30.1 Å². The highest BCUT2D eigenvalue weighted by atomic mass is 16.6. The Morgan fingerprint density at radius 2 is 1.73 bits per heavy atom. The second-order valence-corrected chi connectivity index (χ2v) is 6.99. The van der Waals surface area contributed by atoms with E-state index in [1.54, 1.807) is 0 Å². The van der Waals surface area contributed by atoms with Crippen molar-refractivity contribution in [3.05, 3.63) is 59.7 Å². The van der Waals surface area contributed by atoms with Crippen molar-refractivity contribution in [1.82, 2.24) is 4.90 Å². The lowest BCUT2D eigenvalue weighted by Gasteiger charge is -2.30.